The van der Waals surface area contributed by atoms with Crippen LogP contribution in [0, 0.1) is 0 Å². The summed E-state index contributed by atoms with van der Waals surface area (Å²) < 4.78 is 5.75. The summed E-state index contributed by atoms with van der Waals surface area (Å²) in [6, 6.07) is 17.3. The molecule has 3 nitrogen and oxygen atoms in total. The molecule has 3 heteroatoms. The van der Waals surface area contributed by atoms with Gasteiger partial charge in [0.15, 0.2) is 0 Å². The van der Waals surface area contributed by atoms with Gasteiger partial charge in [-0.3, -0.25) is 0 Å². The van der Waals surface area contributed by atoms with Crippen LogP contribution < -0.4 is 15.4 Å². The van der Waals surface area contributed by atoms with Crippen LogP contribution >= 0.6 is 0 Å². The molecule has 0 saturated heterocycles. The van der Waals surface area contributed by atoms with Crippen molar-refractivity contribution < 1.29 is 4.74 Å². The lowest BCUT2D eigenvalue weighted by atomic mass is 10.0. The first-order valence-electron chi connectivity index (χ1n) is 8.61. The number of anilines is 1. The Balaban J connectivity index is 1.74. The van der Waals surface area contributed by atoms with E-state index in [9.17, 15) is 0 Å². The number of nitrogens with two attached hydrogens (primary N) is 1. The minimum Gasteiger partial charge on any atom is -0.494 e. The molecule has 2 aromatic carbocycles. The normalized spacial score (nSPS) is 14.6. The van der Waals surface area contributed by atoms with Crippen molar-refractivity contribution in [2.75, 3.05) is 24.6 Å². The van der Waals surface area contributed by atoms with Gasteiger partial charge in [0.2, 0.25) is 0 Å². The second-order valence-corrected chi connectivity index (χ2v) is 6.09. The highest BCUT2D eigenvalue weighted by atomic mass is 16.5. The summed E-state index contributed by atoms with van der Waals surface area (Å²) in [7, 11) is 0. The Kier molecular flexibility index (Phi) is 5.19. The van der Waals surface area contributed by atoms with E-state index in [0.717, 1.165) is 38.2 Å². The second-order valence-electron chi connectivity index (χ2n) is 6.09. The number of unbranched alkanes of at least 4 members (excludes halogenated alkanes) is 1. The van der Waals surface area contributed by atoms with Crippen LogP contribution in [0.5, 0.6) is 5.75 Å². The highest BCUT2D eigenvalue weighted by Crippen LogP contribution is 2.34. The van der Waals surface area contributed by atoms with Crippen LogP contribution in [0.25, 0.3) is 0 Å². The number of rotatable bonds is 7. The number of ether oxygens (including phenoxy) is 1. The Morgan fingerprint density at radius 3 is 2.65 bits per heavy atom. The van der Waals surface area contributed by atoms with Crippen LogP contribution in [0.1, 0.15) is 36.9 Å². The van der Waals surface area contributed by atoms with E-state index in [1.807, 2.05) is 0 Å². The molecule has 1 aliphatic rings. The first-order chi connectivity index (χ1) is 11.3. The van der Waals surface area contributed by atoms with E-state index in [2.05, 4.69) is 60.4 Å². The SMILES string of the molecule is CCCCOc1ccc(C(CN)N2CCc3ccccc32)cc1. The van der Waals surface area contributed by atoms with Crippen LogP contribution in [-0.2, 0) is 6.42 Å². The summed E-state index contributed by atoms with van der Waals surface area (Å²) in [6.45, 7) is 4.61. The maximum atomic E-state index is 6.11. The van der Waals surface area contributed by atoms with Gasteiger partial charge in [-0.1, -0.05) is 43.7 Å². The van der Waals surface area contributed by atoms with E-state index in [1.54, 1.807) is 0 Å². The molecule has 0 aliphatic carbocycles. The van der Waals surface area contributed by atoms with Crippen molar-refractivity contribution in [1.82, 2.24) is 0 Å². The van der Waals surface area contributed by atoms with Crippen LogP contribution in [0.15, 0.2) is 48.5 Å². The molecular weight excluding hydrogens is 284 g/mol. The van der Waals surface area contributed by atoms with Gasteiger partial charge < -0.3 is 15.4 Å². The molecule has 0 amide bonds. The largest absolute Gasteiger partial charge is 0.494 e. The van der Waals surface area contributed by atoms with E-state index in [-0.39, 0.29) is 6.04 Å². The summed E-state index contributed by atoms with van der Waals surface area (Å²) in [5, 5.41) is 0. The molecule has 0 bridgehead atoms. The Morgan fingerprint density at radius 2 is 1.91 bits per heavy atom. The van der Waals surface area contributed by atoms with Gasteiger partial charge in [0.25, 0.3) is 0 Å². The van der Waals surface area contributed by atoms with E-state index in [0.29, 0.717) is 6.54 Å². The lowest BCUT2D eigenvalue weighted by Crippen LogP contribution is -2.32. The number of nitrogens with zero attached hydrogens (tertiary/aromatic N) is 1. The first kappa shape index (κ1) is 15.9. The van der Waals surface area contributed by atoms with E-state index in [1.165, 1.54) is 16.8 Å². The molecule has 1 atom stereocenters. The van der Waals surface area contributed by atoms with Gasteiger partial charge in [-0.2, -0.15) is 0 Å². The topological polar surface area (TPSA) is 38.5 Å². The summed E-state index contributed by atoms with van der Waals surface area (Å²) in [4.78, 5) is 2.43. The van der Waals surface area contributed by atoms with E-state index < -0.39 is 0 Å². The first-order valence-corrected chi connectivity index (χ1v) is 8.61. The van der Waals surface area contributed by atoms with Crippen molar-refractivity contribution in [3.8, 4) is 5.75 Å². The third-order valence-electron chi connectivity index (χ3n) is 4.55. The lowest BCUT2D eigenvalue weighted by Gasteiger charge is -2.30. The average molecular weight is 310 g/mol. The Hall–Kier alpha value is -2.00. The summed E-state index contributed by atoms with van der Waals surface area (Å²) in [5.74, 6) is 0.944. The van der Waals surface area contributed by atoms with Gasteiger partial charge >= 0.3 is 0 Å². The molecular formula is C20H26N2O. The predicted molar refractivity (Wildman–Crippen MR) is 96.1 cm³/mol. The fraction of sp³-hybridized carbons (Fsp3) is 0.400. The Labute approximate surface area is 139 Å². The third kappa shape index (κ3) is 3.50. The maximum absolute atomic E-state index is 6.11. The smallest absolute Gasteiger partial charge is 0.119 e. The summed E-state index contributed by atoms with van der Waals surface area (Å²) in [5.41, 5.74) is 10.1. The number of fused-ring (bicyclic) bond motifs is 1. The number of hydrogen-bond acceptors (Lipinski definition) is 3. The monoisotopic (exact) mass is 310 g/mol. The highest BCUT2D eigenvalue weighted by molar-refractivity contribution is 5.59. The molecule has 3 rings (SSSR count). The highest BCUT2D eigenvalue weighted by Gasteiger charge is 2.25. The van der Waals surface area contributed by atoms with Gasteiger partial charge in [-0.25, -0.2) is 0 Å². The lowest BCUT2D eigenvalue weighted by molar-refractivity contribution is 0.309. The zero-order valence-corrected chi connectivity index (χ0v) is 13.9. The van der Waals surface area contributed by atoms with Crippen molar-refractivity contribution in [2.24, 2.45) is 5.73 Å². The molecule has 0 aromatic heterocycles. The van der Waals surface area contributed by atoms with Crippen molar-refractivity contribution >= 4 is 5.69 Å². The molecule has 1 aliphatic heterocycles. The third-order valence-corrected chi connectivity index (χ3v) is 4.55. The Morgan fingerprint density at radius 1 is 1.13 bits per heavy atom. The molecule has 0 saturated carbocycles. The molecule has 2 aromatic rings. The van der Waals surface area contributed by atoms with Crippen LogP contribution in [-0.4, -0.2) is 19.7 Å². The van der Waals surface area contributed by atoms with E-state index >= 15 is 0 Å². The van der Waals surface area contributed by atoms with Gasteiger partial charge in [0.05, 0.1) is 12.6 Å². The van der Waals surface area contributed by atoms with Crippen molar-refractivity contribution in [2.45, 2.75) is 32.2 Å². The molecule has 1 heterocycles. The zero-order valence-electron chi connectivity index (χ0n) is 13.9. The van der Waals surface area contributed by atoms with Gasteiger partial charge in [-0.15, -0.1) is 0 Å². The van der Waals surface area contributed by atoms with Crippen molar-refractivity contribution in [1.29, 1.82) is 0 Å². The summed E-state index contributed by atoms with van der Waals surface area (Å²) in [6.07, 6.45) is 3.35. The van der Waals surface area contributed by atoms with Crippen LogP contribution in [0.3, 0.4) is 0 Å². The Bertz CT molecular complexity index is 624. The van der Waals surface area contributed by atoms with Gasteiger partial charge in [-0.05, 0) is 42.2 Å². The predicted octanol–water partition coefficient (Wildman–Crippen LogP) is 3.93. The molecule has 23 heavy (non-hydrogen) atoms. The fourth-order valence-electron chi connectivity index (χ4n) is 3.25. The standard InChI is InChI=1S/C20H26N2O/c1-2-3-14-23-18-10-8-17(9-11-18)20(15-21)22-13-12-16-6-4-5-7-19(16)22/h4-11,20H,2-3,12-15,21H2,1H3. The average Bonchev–Trinajstić information content (AvgIpc) is 3.01. The minimum absolute atomic E-state index is 0.225. The van der Waals surface area contributed by atoms with Crippen LogP contribution in [0.2, 0.25) is 0 Å². The number of hydrogen-bond donors (Lipinski definition) is 1. The molecule has 2 N–H and O–H groups in total. The van der Waals surface area contributed by atoms with Gasteiger partial charge in [0.1, 0.15) is 5.75 Å². The zero-order chi connectivity index (χ0) is 16.1. The second kappa shape index (κ2) is 7.51. The van der Waals surface area contributed by atoms with Crippen LogP contribution in [0.4, 0.5) is 5.69 Å². The number of benzene rings is 2. The molecule has 0 spiro atoms. The minimum atomic E-state index is 0.225. The fourth-order valence-corrected chi connectivity index (χ4v) is 3.25. The van der Waals surface area contributed by atoms with Gasteiger partial charge in [0, 0.05) is 18.8 Å². The number of para-hydroxylation sites is 1. The molecule has 0 fully saturated rings. The quantitative estimate of drug-likeness (QED) is 0.788. The van der Waals surface area contributed by atoms with E-state index in [4.69, 9.17) is 10.5 Å². The molecule has 122 valence electrons. The maximum Gasteiger partial charge on any atom is 0.119 e. The molecule has 0 radical (unpaired) electrons. The van der Waals surface area contributed by atoms with Crippen molar-refractivity contribution in [3.05, 3.63) is 59.7 Å². The molecule has 1 unspecified atom stereocenters. The van der Waals surface area contributed by atoms with Crippen molar-refractivity contribution in [3.63, 3.8) is 0 Å². The summed E-state index contributed by atoms with van der Waals surface area (Å²) >= 11 is 0.